The summed E-state index contributed by atoms with van der Waals surface area (Å²) < 4.78 is 41.2. The van der Waals surface area contributed by atoms with E-state index in [1.807, 2.05) is 0 Å². The molecule has 0 aliphatic carbocycles. The summed E-state index contributed by atoms with van der Waals surface area (Å²) in [4.78, 5) is 26.9. The fraction of sp³-hybridized carbons (Fsp3) is 0.263. The minimum atomic E-state index is -4.74. The second-order valence-corrected chi connectivity index (χ2v) is 7.63. The van der Waals surface area contributed by atoms with Crippen molar-refractivity contribution in [1.82, 2.24) is 14.6 Å². The summed E-state index contributed by atoms with van der Waals surface area (Å²) in [6, 6.07) is 6.90. The maximum absolute atomic E-state index is 13.6. The van der Waals surface area contributed by atoms with Gasteiger partial charge < -0.3 is 5.32 Å². The van der Waals surface area contributed by atoms with Gasteiger partial charge in [0.2, 0.25) is 0 Å². The van der Waals surface area contributed by atoms with Crippen molar-refractivity contribution in [1.29, 1.82) is 5.26 Å². The number of benzene rings is 1. The van der Waals surface area contributed by atoms with E-state index < -0.39 is 28.1 Å². The van der Waals surface area contributed by atoms with E-state index in [1.54, 1.807) is 26.8 Å². The van der Waals surface area contributed by atoms with Gasteiger partial charge in [-0.3, -0.25) is 14.9 Å². The summed E-state index contributed by atoms with van der Waals surface area (Å²) >= 11 is 0. The fourth-order valence-corrected chi connectivity index (χ4v) is 2.71. The quantitative estimate of drug-likeness (QED) is 0.491. The first-order valence-corrected chi connectivity index (χ1v) is 8.79. The van der Waals surface area contributed by atoms with Gasteiger partial charge in [0.25, 0.3) is 11.6 Å². The van der Waals surface area contributed by atoms with Gasteiger partial charge in [-0.05, 0) is 12.1 Å². The lowest BCUT2D eigenvalue weighted by atomic mass is 9.91. The van der Waals surface area contributed by atoms with Crippen LogP contribution in [-0.4, -0.2) is 25.4 Å². The van der Waals surface area contributed by atoms with Gasteiger partial charge in [-0.15, -0.1) is 0 Å². The Kier molecular flexibility index (Phi) is 5.14. The number of carbonyl (C=O) groups excluding carboxylic acids is 1. The van der Waals surface area contributed by atoms with Crippen molar-refractivity contribution in [2.24, 2.45) is 0 Å². The number of aromatic nitrogens is 3. The number of hydrogen-bond donors (Lipinski definition) is 1. The number of carbonyl (C=O) groups is 1. The predicted molar refractivity (Wildman–Crippen MR) is 102 cm³/mol. The number of nitro groups is 1. The minimum Gasteiger partial charge on any atom is -0.319 e. The van der Waals surface area contributed by atoms with Crippen LogP contribution in [0, 0.1) is 21.4 Å². The van der Waals surface area contributed by atoms with Gasteiger partial charge in [-0.1, -0.05) is 20.8 Å². The van der Waals surface area contributed by atoms with Crippen LogP contribution in [0.4, 0.5) is 24.5 Å². The monoisotopic (exact) mass is 432 g/mol. The highest BCUT2D eigenvalue weighted by Gasteiger charge is 2.36. The van der Waals surface area contributed by atoms with Crippen LogP contribution in [0.3, 0.4) is 0 Å². The van der Waals surface area contributed by atoms with Gasteiger partial charge in [0.15, 0.2) is 11.3 Å². The number of amides is 1. The second kappa shape index (κ2) is 7.35. The highest BCUT2D eigenvalue weighted by Crippen LogP contribution is 2.32. The molecule has 0 saturated heterocycles. The molecular weight excluding hydrogens is 417 g/mol. The molecule has 1 aromatic carbocycles. The molecule has 0 atom stereocenters. The second-order valence-electron chi connectivity index (χ2n) is 7.63. The van der Waals surface area contributed by atoms with Crippen molar-refractivity contribution < 1.29 is 22.9 Å². The molecule has 0 aliphatic rings. The van der Waals surface area contributed by atoms with E-state index in [0.29, 0.717) is 4.52 Å². The Morgan fingerprint density at radius 1 is 1.23 bits per heavy atom. The number of hydrogen-bond acceptors (Lipinski definition) is 6. The lowest BCUT2D eigenvalue weighted by Gasteiger charge is -2.19. The molecule has 2 heterocycles. The van der Waals surface area contributed by atoms with Crippen molar-refractivity contribution in [3.63, 3.8) is 0 Å². The van der Waals surface area contributed by atoms with E-state index in [1.165, 1.54) is 0 Å². The fourth-order valence-electron chi connectivity index (χ4n) is 2.71. The minimum absolute atomic E-state index is 0.0467. The number of alkyl halides is 3. The summed E-state index contributed by atoms with van der Waals surface area (Å²) in [5.41, 5.74) is -2.73. The number of rotatable bonds is 3. The van der Waals surface area contributed by atoms with E-state index in [9.17, 15) is 33.3 Å². The Bertz CT molecular complexity index is 1250. The lowest BCUT2D eigenvalue weighted by molar-refractivity contribution is -0.384. The van der Waals surface area contributed by atoms with Crippen molar-refractivity contribution in [2.75, 3.05) is 5.32 Å². The molecular formula is C19H15F3N6O3. The van der Waals surface area contributed by atoms with Crippen LogP contribution in [0.25, 0.3) is 5.65 Å². The summed E-state index contributed by atoms with van der Waals surface area (Å²) in [5, 5.41) is 26.1. The summed E-state index contributed by atoms with van der Waals surface area (Å²) in [6.45, 7) is 5.11. The van der Waals surface area contributed by atoms with Crippen molar-refractivity contribution in [2.45, 2.75) is 32.4 Å². The van der Waals surface area contributed by atoms with E-state index >= 15 is 0 Å². The molecule has 160 valence electrons. The van der Waals surface area contributed by atoms with Crippen LogP contribution in [0.15, 0.2) is 30.3 Å². The highest BCUT2D eigenvalue weighted by molar-refractivity contribution is 6.04. The third-order valence-corrected chi connectivity index (χ3v) is 4.30. The van der Waals surface area contributed by atoms with Crippen LogP contribution >= 0.6 is 0 Å². The Hall–Kier alpha value is -4.01. The molecule has 0 spiro atoms. The Balaban J connectivity index is 2.05. The molecule has 9 nitrogen and oxygen atoms in total. The first-order valence-electron chi connectivity index (χ1n) is 8.79. The number of non-ortho nitro benzene ring substituents is 1. The lowest BCUT2D eigenvalue weighted by Crippen LogP contribution is -2.20. The van der Waals surface area contributed by atoms with Crippen LogP contribution in [-0.2, 0) is 11.6 Å². The molecule has 3 aromatic rings. The van der Waals surface area contributed by atoms with Crippen molar-refractivity contribution >= 4 is 22.9 Å². The zero-order valence-corrected chi connectivity index (χ0v) is 16.5. The number of nitrogens with one attached hydrogen (secondary N) is 1. The molecule has 0 aliphatic heterocycles. The third-order valence-electron chi connectivity index (χ3n) is 4.30. The smallest absolute Gasteiger partial charge is 0.319 e. The SMILES string of the molecule is CC(C)(C)c1cc(C(F)(F)F)n2nc(C(=O)Nc3ccc([N+](=O)[O-])cc3C#N)cc2n1. The zero-order valence-electron chi connectivity index (χ0n) is 16.5. The van der Waals surface area contributed by atoms with Gasteiger partial charge in [0, 0.05) is 23.6 Å². The van der Waals surface area contributed by atoms with Gasteiger partial charge in [0.1, 0.15) is 11.8 Å². The van der Waals surface area contributed by atoms with E-state index in [2.05, 4.69) is 15.4 Å². The average molecular weight is 432 g/mol. The summed E-state index contributed by atoms with van der Waals surface area (Å²) in [7, 11) is 0. The molecule has 3 rings (SSSR count). The number of halogens is 3. The normalized spacial score (nSPS) is 11.9. The maximum atomic E-state index is 13.6. The van der Waals surface area contributed by atoms with E-state index in [-0.39, 0.29) is 34.0 Å². The van der Waals surface area contributed by atoms with E-state index in [4.69, 9.17) is 0 Å². The summed E-state index contributed by atoms with van der Waals surface area (Å²) in [6.07, 6.45) is -4.74. The molecule has 0 saturated carbocycles. The topological polar surface area (TPSA) is 126 Å². The largest absolute Gasteiger partial charge is 0.433 e. The standard InChI is InChI=1S/C19H15F3N6O3/c1-18(2,3)14-8-15(19(20,21)22)27-16(25-14)7-13(26-27)17(29)24-12-5-4-11(28(30)31)6-10(12)9-23/h4-8H,1-3H3,(H,24,29). The maximum Gasteiger partial charge on any atom is 0.433 e. The molecule has 1 N–H and O–H groups in total. The molecule has 12 heteroatoms. The first-order chi connectivity index (χ1) is 14.3. The number of fused-ring (bicyclic) bond motifs is 1. The number of anilines is 1. The molecule has 0 fully saturated rings. The van der Waals surface area contributed by atoms with Crippen LogP contribution in [0.1, 0.15) is 48.2 Å². The molecule has 2 aromatic heterocycles. The van der Waals surface area contributed by atoms with Crippen LogP contribution in [0.2, 0.25) is 0 Å². The van der Waals surface area contributed by atoms with Crippen molar-refractivity contribution in [3.8, 4) is 6.07 Å². The van der Waals surface area contributed by atoms with Gasteiger partial charge >= 0.3 is 6.18 Å². The first kappa shape index (κ1) is 21.7. The van der Waals surface area contributed by atoms with Gasteiger partial charge in [-0.2, -0.15) is 23.5 Å². The number of nitro benzene ring substituents is 1. The Morgan fingerprint density at radius 2 is 1.90 bits per heavy atom. The average Bonchev–Trinajstić information content (AvgIpc) is 3.10. The predicted octanol–water partition coefficient (Wildman–Crippen LogP) is 4.08. The van der Waals surface area contributed by atoms with Gasteiger partial charge in [-0.25, -0.2) is 9.50 Å². The summed E-state index contributed by atoms with van der Waals surface area (Å²) in [5.74, 6) is -0.902. The third kappa shape index (κ3) is 4.30. The molecule has 0 unspecified atom stereocenters. The van der Waals surface area contributed by atoms with Crippen LogP contribution < -0.4 is 5.32 Å². The molecule has 1 amide bonds. The zero-order chi connectivity index (χ0) is 23.1. The van der Waals surface area contributed by atoms with Gasteiger partial charge in [0.05, 0.1) is 21.9 Å². The van der Waals surface area contributed by atoms with Crippen molar-refractivity contribution in [3.05, 3.63) is 63.1 Å². The van der Waals surface area contributed by atoms with Crippen LogP contribution in [0.5, 0.6) is 0 Å². The number of nitriles is 1. The molecule has 0 radical (unpaired) electrons. The Morgan fingerprint density at radius 3 is 2.45 bits per heavy atom. The number of nitrogens with zero attached hydrogens (tertiary/aromatic N) is 5. The molecule has 31 heavy (non-hydrogen) atoms. The highest BCUT2D eigenvalue weighted by atomic mass is 19.4. The van der Waals surface area contributed by atoms with E-state index in [0.717, 1.165) is 30.3 Å². The Labute approximate surface area is 173 Å². The molecule has 0 bridgehead atoms.